The Hall–Kier alpha value is -1.23. The normalized spacial score (nSPS) is 17.8. The van der Waals surface area contributed by atoms with Crippen molar-refractivity contribution < 1.29 is 13.2 Å². The zero-order valence-electron chi connectivity index (χ0n) is 11.2. The number of aryl methyl sites for hydroxylation is 1. The Morgan fingerprint density at radius 1 is 1.21 bits per heavy atom. The van der Waals surface area contributed by atoms with Gasteiger partial charge in [0, 0.05) is 24.8 Å². The van der Waals surface area contributed by atoms with Crippen LogP contribution in [0.5, 0.6) is 0 Å². The molecule has 2 nitrogen and oxygen atoms in total. The molecule has 0 saturated carbocycles. The molecule has 0 radical (unpaired) electrons. The van der Waals surface area contributed by atoms with Crippen LogP contribution in [0.4, 0.5) is 18.9 Å². The first kappa shape index (κ1) is 14.2. The molecule has 1 aromatic rings. The van der Waals surface area contributed by atoms with Crippen molar-refractivity contribution in [1.82, 2.24) is 5.32 Å². The van der Waals surface area contributed by atoms with Crippen LogP contribution in [-0.2, 0) is 6.18 Å². The molecule has 1 saturated heterocycles. The molecule has 1 fully saturated rings. The second-order valence-corrected chi connectivity index (χ2v) is 5.07. The molecule has 0 unspecified atom stereocenters. The van der Waals surface area contributed by atoms with Gasteiger partial charge in [-0.3, -0.25) is 0 Å². The maximum absolute atomic E-state index is 13.1. The number of halogens is 3. The highest BCUT2D eigenvalue weighted by Crippen LogP contribution is 2.38. The molecule has 0 bridgehead atoms. The van der Waals surface area contributed by atoms with Gasteiger partial charge in [0.15, 0.2) is 0 Å². The fourth-order valence-electron chi connectivity index (χ4n) is 2.56. The van der Waals surface area contributed by atoms with Gasteiger partial charge in [0.2, 0.25) is 0 Å². The molecule has 5 heteroatoms. The molecule has 0 spiro atoms. The molecule has 0 atom stereocenters. The number of hydrogen-bond acceptors (Lipinski definition) is 2. The van der Waals surface area contributed by atoms with Crippen LogP contribution in [0.25, 0.3) is 0 Å². The topological polar surface area (TPSA) is 15.3 Å². The van der Waals surface area contributed by atoms with Crippen LogP contribution in [0.1, 0.15) is 24.0 Å². The van der Waals surface area contributed by atoms with Crippen molar-refractivity contribution in [3.05, 3.63) is 29.3 Å². The van der Waals surface area contributed by atoms with Crippen LogP contribution in [0.15, 0.2) is 18.2 Å². The van der Waals surface area contributed by atoms with Crippen molar-refractivity contribution in [2.45, 2.75) is 32.0 Å². The van der Waals surface area contributed by atoms with Crippen molar-refractivity contribution in [2.75, 3.05) is 25.0 Å². The highest BCUT2D eigenvalue weighted by molar-refractivity contribution is 5.56. The van der Waals surface area contributed by atoms with Crippen molar-refractivity contribution in [3.8, 4) is 0 Å². The molecule has 1 heterocycles. The lowest BCUT2D eigenvalue weighted by molar-refractivity contribution is -0.137. The summed E-state index contributed by atoms with van der Waals surface area (Å²) in [6, 6.07) is 4.99. The number of benzene rings is 1. The first-order valence-corrected chi connectivity index (χ1v) is 6.52. The minimum atomic E-state index is -4.29. The Morgan fingerprint density at radius 2 is 1.84 bits per heavy atom. The highest BCUT2D eigenvalue weighted by Gasteiger charge is 2.35. The van der Waals surface area contributed by atoms with E-state index in [9.17, 15) is 13.2 Å². The highest BCUT2D eigenvalue weighted by atomic mass is 19.4. The molecule has 1 aliphatic rings. The largest absolute Gasteiger partial charge is 0.418 e. The third-order valence-corrected chi connectivity index (χ3v) is 3.70. The minimum Gasteiger partial charge on any atom is -0.371 e. The van der Waals surface area contributed by atoms with Crippen molar-refractivity contribution in [1.29, 1.82) is 0 Å². The van der Waals surface area contributed by atoms with Crippen LogP contribution in [0.3, 0.4) is 0 Å². The molecular formula is C14H19F3N2. The molecule has 2 rings (SSSR count). The number of rotatable bonds is 2. The Kier molecular flexibility index (Phi) is 4.04. The van der Waals surface area contributed by atoms with Gasteiger partial charge in [0.05, 0.1) is 5.56 Å². The van der Waals surface area contributed by atoms with Gasteiger partial charge in [-0.1, -0.05) is 11.6 Å². The number of nitrogens with zero attached hydrogens (tertiary/aromatic N) is 1. The lowest BCUT2D eigenvalue weighted by atomic mass is 10.0. The fraction of sp³-hybridized carbons (Fsp3) is 0.571. The predicted octanol–water partition coefficient (Wildman–Crippen LogP) is 3.20. The summed E-state index contributed by atoms with van der Waals surface area (Å²) in [5.41, 5.74) is 0.434. The molecule has 0 aromatic heterocycles. The molecule has 0 aliphatic carbocycles. The maximum atomic E-state index is 13.1. The van der Waals surface area contributed by atoms with Crippen LogP contribution in [-0.4, -0.2) is 26.2 Å². The van der Waals surface area contributed by atoms with E-state index < -0.39 is 11.7 Å². The summed E-state index contributed by atoms with van der Waals surface area (Å²) in [5.74, 6) is 0. The summed E-state index contributed by atoms with van der Waals surface area (Å²) >= 11 is 0. The second-order valence-electron chi connectivity index (χ2n) is 5.07. The zero-order chi connectivity index (χ0) is 14.0. The van der Waals surface area contributed by atoms with Gasteiger partial charge in [0.25, 0.3) is 0 Å². The third kappa shape index (κ3) is 3.21. The lowest BCUT2D eigenvalue weighted by Gasteiger charge is -2.35. The number of alkyl halides is 3. The predicted molar refractivity (Wildman–Crippen MR) is 70.5 cm³/mol. The Labute approximate surface area is 111 Å². The quantitative estimate of drug-likeness (QED) is 0.889. The first-order valence-electron chi connectivity index (χ1n) is 6.52. The standard InChI is InChI=1S/C14H19F3N2/c1-10-3-4-13(12(9-10)14(15,16)17)19-7-5-11(18-2)6-8-19/h3-4,9,11,18H,5-8H2,1-2H3. The number of anilines is 1. The van der Waals surface area contributed by atoms with E-state index in [1.165, 1.54) is 6.07 Å². The summed E-state index contributed by atoms with van der Waals surface area (Å²) in [5, 5.41) is 3.18. The Bertz CT molecular complexity index is 435. The van der Waals surface area contributed by atoms with E-state index in [0.29, 0.717) is 30.4 Å². The average molecular weight is 272 g/mol. The molecule has 19 heavy (non-hydrogen) atoms. The van der Waals surface area contributed by atoms with E-state index in [-0.39, 0.29) is 0 Å². The van der Waals surface area contributed by atoms with Gasteiger partial charge in [-0.15, -0.1) is 0 Å². The van der Waals surface area contributed by atoms with Gasteiger partial charge >= 0.3 is 6.18 Å². The summed E-state index contributed by atoms with van der Waals surface area (Å²) in [6.45, 7) is 3.02. The average Bonchev–Trinajstić information content (AvgIpc) is 2.38. The minimum absolute atomic E-state index is 0.313. The van der Waals surface area contributed by atoms with E-state index in [1.807, 2.05) is 11.9 Å². The molecule has 0 amide bonds. The van der Waals surface area contributed by atoms with Crippen molar-refractivity contribution >= 4 is 5.69 Å². The van der Waals surface area contributed by atoms with Crippen molar-refractivity contribution in [3.63, 3.8) is 0 Å². The zero-order valence-corrected chi connectivity index (χ0v) is 11.2. The smallest absolute Gasteiger partial charge is 0.371 e. The summed E-state index contributed by atoms with van der Waals surface area (Å²) in [6.07, 6.45) is -2.54. The molecular weight excluding hydrogens is 253 g/mol. The molecule has 1 aliphatic heterocycles. The number of hydrogen-bond donors (Lipinski definition) is 1. The Morgan fingerprint density at radius 3 is 2.37 bits per heavy atom. The van der Waals surface area contributed by atoms with Crippen LogP contribution in [0, 0.1) is 6.92 Å². The monoisotopic (exact) mass is 272 g/mol. The van der Waals surface area contributed by atoms with Crippen LogP contribution in [0.2, 0.25) is 0 Å². The Balaban J connectivity index is 2.25. The third-order valence-electron chi connectivity index (χ3n) is 3.70. The number of nitrogens with one attached hydrogen (secondary N) is 1. The molecule has 106 valence electrons. The van der Waals surface area contributed by atoms with E-state index in [1.54, 1.807) is 19.1 Å². The SMILES string of the molecule is CNC1CCN(c2ccc(C)cc2C(F)(F)F)CC1. The second kappa shape index (κ2) is 5.41. The lowest BCUT2D eigenvalue weighted by Crippen LogP contribution is -2.41. The van der Waals surface area contributed by atoms with E-state index in [4.69, 9.17) is 0 Å². The first-order chi connectivity index (χ1) is 8.91. The van der Waals surface area contributed by atoms with E-state index in [0.717, 1.165) is 12.8 Å². The van der Waals surface area contributed by atoms with Crippen LogP contribution >= 0.6 is 0 Å². The van der Waals surface area contributed by atoms with Gasteiger partial charge < -0.3 is 10.2 Å². The molecule has 1 aromatic carbocycles. The number of piperidine rings is 1. The summed E-state index contributed by atoms with van der Waals surface area (Å²) < 4.78 is 39.3. The summed E-state index contributed by atoms with van der Waals surface area (Å²) in [7, 11) is 1.90. The van der Waals surface area contributed by atoms with E-state index in [2.05, 4.69) is 5.32 Å². The van der Waals surface area contributed by atoms with Gasteiger partial charge in [-0.05, 0) is 38.9 Å². The van der Waals surface area contributed by atoms with Crippen LogP contribution < -0.4 is 10.2 Å². The van der Waals surface area contributed by atoms with Gasteiger partial charge in [-0.2, -0.15) is 13.2 Å². The van der Waals surface area contributed by atoms with Gasteiger partial charge in [0.1, 0.15) is 0 Å². The molecule has 1 N–H and O–H groups in total. The maximum Gasteiger partial charge on any atom is 0.418 e. The fourth-order valence-corrected chi connectivity index (χ4v) is 2.56. The van der Waals surface area contributed by atoms with Gasteiger partial charge in [-0.25, -0.2) is 0 Å². The summed E-state index contributed by atoms with van der Waals surface area (Å²) in [4.78, 5) is 1.84. The van der Waals surface area contributed by atoms with Crippen molar-refractivity contribution in [2.24, 2.45) is 0 Å². The van der Waals surface area contributed by atoms with E-state index >= 15 is 0 Å².